The topological polar surface area (TPSA) is 420 Å². The lowest BCUT2D eigenvalue weighted by atomic mass is 9.94. The minimum absolute atomic E-state index is 0.0472. The third-order valence-corrected chi connectivity index (χ3v) is 9.40. The number of amides is 3. The van der Waals surface area contributed by atoms with Crippen LogP contribution in [0.3, 0.4) is 0 Å². The second kappa shape index (κ2) is 21.8. The molecule has 0 aromatic rings. The Morgan fingerprint density at radius 1 is 0.707 bits per heavy atom. The summed E-state index contributed by atoms with van der Waals surface area (Å²) in [5, 5.41) is 132. The predicted octanol–water partition coefficient (Wildman–Crippen LogP) is -8.72. The summed E-state index contributed by atoms with van der Waals surface area (Å²) in [6, 6.07) is -3.28. The van der Waals surface area contributed by atoms with E-state index in [1.54, 1.807) is 6.92 Å². The van der Waals surface area contributed by atoms with Crippen molar-refractivity contribution in [3.05, 3.63) is 0 Å². The van der Waals surface area contributed by atoms with Gasteiger partial charge in [-0.3, -0.25) is 14.4 Å². The SMILES string of the molecule is CCCC(=O)NCC(NC(C)=O)[C@@H](O[C@@H]1OC(C(=O)O)[C@H](O[C@@H]2OC(CO)[C@H](O)[C@H](O[C@@H]3OC(C(=O)O)[C@H](O)[C@H](O)C3O)C2NC(C)=O)[C@H](O)C1O)[C@@H](O)C(O)CO. The van der Waals surface area contributed by atoms with Crippen molar-refractivity contribution in [2.24, 2.45) is 0 Å². The molecular formula is C32H53N3O23. The third-order valence-electron chi connectivity index (χ3n) is 9.40. The maximum atomic E-state index is 12.6. The lowest BCUT2D eigenvalue weighted by Crippen LogP contribution is -2.70. The molecule has 26 heteroatoms. The van der Waals surface area contributed by atoms with Gasteiger partial charge in [-0.1, -0.05) is 6.92 Å². The van der Waals surface area contributed by atoms with Gasteiger partial charge in [0, 0.05) is 26.8 Å². The molecule has 15 N–H and O–H groups in total. The molecule has 19 atom stereocenters. The molecule has 58 heavy (non-hydrogen) atoms. The van der Waals surface area contributed by atoms with E-state index in [4.69, 9.17) is 28.4 Å². The summed E-state index contributed by atoms with van der Waals surface area (Å²) < 4.78 is 33.2. The molecule has 3 aliphatic heterocycles. The smallest absolute Gasteiger partial charge is 0.335 e. The number of ether oxygens (including phenoxy) is 6. The van der Waals surface area contributed by atoms with Crippen LogP contribution in [0.25, 0.3) is 0 Å². The summed E-state index contributed by atoms with van der Waals surface area (Å²) in [5.74, 6) is -5.84. The Hall–Kier alpha value is -3.29. The van der Waals surface area contributed by atoms with E-state index < -0.39 is 166 Å². The molecule has 0 aromatic carbocycles. The van der Waals surface area contributed by atoms with E-state index in [9.17, 15) is 85.3 Å². The Labute approximate surface area is 329 Å². The highest BCUT2D eigenvalue weighted by Gasteiger charge is 2.56. The van der Waals surface area contributed by atoms with Gasteiger partial charge in [-0.25, -0.2) is 9.59 Å². The van der Waals surface area contributed by atoms with E-state index in [-0.39, 0.29) is 6.42 Å². The molecule has 0 saturated carbocycles. The average Bonchev–Trinajstić information content (AvgIpc) is 3.15. The molecule has 0 bridgehead atoms. The van der Waals surface area contributed by atoms with Gasteiger partial charge in [0.2, 0.25) is 17.7 Å². The maximum absolute atomic E-state index is 12.6. The lowest BCUT2D eigenvalue weighted by Gasteiger charge is -2.49. The van der Waals surface area contributed by atoms with E-state index in [1.807, 2.05) is 0 Å². The first kappa shape index (κ1) is 49.1. The summed E-state index contributed by atoms with van der Waals surface area (Å²) in [7, 11) is 0. The molecular weight excluding hydrogens is 794 g/mol. The molecule has 3 heterocycles. The lowest BCUT2D eigenvalue weighted by molar-refractivity contribution is -0.364. The fourth-order valence-corrected chi connectivity index (χ4v) is 6.45. The molecule has 0 aliphatic carbocycles. The highest BCUT2D eigenvalue weighted by atomic mass is 16.8. The Balaban J connectivity index is 1.97. The fraction of sp³-hybridized carbons (Fsp3) is 0.844. The van der Waals surface area contributed by atoms with Gasteiger partial charge in [0.05, 0.1) is 19.3 Å². The van der Waals surface area contributed by atoms with Gasteiger partial charge in [-0.15, -0.1) is 0 Å². The number of hydrogen-bond donors (Lipinski definition) is 15. The van der Waals surface area contributed by atoms with Crippen LogP contribution < -0.4 is 16.0 Å². The van der Waals surface area contributed by atoms with Crippen molar-refractivity contribution in [2.45, 2.75) is 150 Å². The number of carboxylic acids is 2. The van der Waals surface area contributed by atoms with Crippen molar-refractivity contribution in [3.8, 4) is 0 Å². The van der Waals surface area contributed by atoms with Crippen LogP contribution in [-0.2, 0) is 52.4 Å². The summed E-state index contributed by atoms with van der Waals surface area (Å²) in [5.41, 5.74) is 0. The summed E-state index contributed by atoms with van der Waals surface area (Å²) in [6.07, 6.45) is -35.6. The van der Waals surface area contributed by atoms with Crippen molar-refractivity contribution in [1.82, 2.24) is 16.0 Å². The van der Waals surface area contributed by atoms with Crippen molar-refractivity contribution in [1.29, 1.82) is 0 Å². The van der Waals surface area contributed by atoms with E-state index in [1.165, 1.54) is 0 Å². The first-order chi connectivity index (χ1) is 27.2. The fourth-order valence-electron chi connectivity index (χ4n) is 6.45. The standard InChI is InChI=1S/C32H53N3O23/c1-4-5-14(41)33-6-11(34-9(2)38)23(16(42)12(40)7-36)54-32-22(48)20(46)25(27(58-32)29(51)52)56-30-15(35-10(3)39)24(17(43)13(8-37)53-30)55-31-21(47)18(44)19(45)26(57-31)28(49)50/h11-13,15-27,30-32,36-37,40,42-48H,4-8H2,1-3H3,(H,33,41)(H,34,38)(H,35,39)(H,49,50)(H,51,52)/t11?,12?,13?,15?,16-,17-,18-,19+,20+,21?,22?,23+,24+,25+,26?,27?,30-,31+,32+/m0/s1. The van der Waals surface area contributed by atoms with Crippen molar-refractivity contribution in [2.75, 3.05) is 19.8 Å². The van der Waals surface area contributed by atoms with Gasteiger partial charge < -0.3 is 106 Å². The Morgan fingerprint density at radius 3 is 1.83 bits per heavy atom. The first-order valence-corrected chi connectivity index (χ1v) is 18.0. The normalized spacial score (nSPS) is 37.4. The second-order valence-electron chi connectivity index (χ2n) is 13.8. The van der Waals surface area contributed by atoms with Crippen LogP contribution in [0.4, 0.5) is 0 Å². The van der Waals surface area contributed by atoms with Crippen LogP contribution >= 0.6 is 0 Å². The van der Waals surface area contributed by atoms with E-state index in [0.717, 1.165) is 13.8 Å². The molecule has 0 radical (unpaired) electrons. The molecule has 3 aliphatic rings. The number of rotatable bonds is 19. The van der Waals surface area contributed by atoms with Crippen LogP contribution in [0.2, 0.25) is 0 Å². The Morgan fingerprint density at radius 2 is 1.29 bits per heavy atom. The molecule has 0 spiro atoms. The minimum atomic E-state index is -2.36. The van der Waals surface area contributed by atoms with E-state index in [0.29, 0.717) is 6.42 Å². The van der Waals surface area contributed by atoms with Gasteiger partial charge in [0.15, 0.2) is 31.1 Å². The van der Waals surface area contributed by atoms with E-state index in [2.05, 4.69) is 16.0 Å². The van der Waals surface area contributed by atoms with E-state index >= 15 is 0 Å². The number of carbonyl (C=O) groups is 5. The highest BCUT2D eigenvalue weighted by Crippen LogP contribution is 2.34. The molecule has 3 saturated heterocycles. The van der Waals surface area contributed by atoms with Crippen molar-refractivity contribution < 1.29 is 114 Å². The molecule has 3 rings (SSSR count). The zero-order valence-corrected chi connectivity index (χ0v) is 31.4. The Bertz CT molecular complexity index is 1400. The number of aliphatic hydroxyl groups is 10. The number of hydrogen-bond acceptors (Lipinski definition) is 21. The number of aliphatic carboxylic acids is 2. The van der Waals surface area contributed by atoms with Crippen LogP contribution in [0.5, 0.6) is 0 Å². The van der Waals surface area contributed by atoms with Crippen LogP contribution in [0, 0.1) is 0 Å². The van der Waals surface area contributed by atoms with Gasteiger partial charge in [-0.2, -0.15) is 0 Å². The zero-order valence-electron chi connectivity index (χ0n) is 31.4. The predicted molar refractivity (Wildman–Crippen MR) is 181 cm³/mol. The summed E-state index contributed by atoms with van der Waals surface area (Å²) in [4.78, 5) is 61.0. The molecule has 26 nitrogen and oxygen atoms in total. The number of carboxylic acid groups (broad SMARTS) is 2. The summed E-state index contributed by atoms with van der Waals surface area (Å²) >= 11 is 0. The average molecular weight is 848 g/mol. The molecule has 334 valence electrons. The van der Waals surface area contributed by atoms with Gasteiger partial charge in [-0.05, 0) is 6.42 Å². The minimum Gasteiger partial charge on any atom is -0.479 e. The Kier molecular flexibility index (Phi) is 18.5. The molecule has 0 aromatic heterocycles. The van der Waals surface area contributed by atoms with Crippen LogP contribution in [0.15, 0.2) is 0 Å². The number of carbonyl (C=O) groups excluding carboxylic acids is 3. The van der Waals surface area contributed by atoms with Crippen molar-refractivity contribution >= 4 is 29.7 Å². The van der Waals surface area contributed by atoms with Gasteiger partial charge in [0.1, 0.15) is 79.3 Å². The largest absolute Gasteiger partial charge is 0.479 e. The number of nitrogens with one attached hydrogen (secondary N) is 3. The van der Waals surface area contributed by atoms with Gasteiger partial charge in [0.25, 0.3) is 0 Å². The molecule has 3 fully saturated rings. The first-order valence-electron chi connectivity index (χ1n) is 18.0. The second-order valence-corrected chi connectivity index (χ2v) is 13.8. The molecule has 8 unspecified atom stereocenters. The third kappa shape index (κ3) is 11.9. The van der Waals surface area contributed by atoms with Crippen LogP contribution in [0.1, 0.15) is 33.6 Å². The number of aliphatic hydroxyl groups excluding tert-OH is 10. The highest BCUT2D eigenvalue weighted by molar-refractivity contribution is 5.76. The van der Waals surface area contributed by atoms with Crippen molar-refractivity contribution in [3.63, 3.8) is 0 Å². The van der Waals surface area contributed by atoms with Crippen LogP contribution in [-0.4, -0.2) is 227 Å². The maximum Gasteiger partial charge on any atom is 0.335 e. The zero-order chi connectivity index (χ0) is 43.8. The monoisotopic (exact) mass is 847 g/mol. The quantitative estimate of drug-likeness (QED) is 0.0574. The van der Waals surface area contributed by atoms with Gasteiger partial charge >= 0.3 is 11.9 Å². The molecule has 3 amide bonds. The summed E-state index contributed by atoms with van der Waals surface area (Å²) in [6.45, 7) is 1.13.